The van der Waals surface area contributed by atoms with Crippen LogP contribution in [0.15, 0.2) is 29.3 Å². The molecule has 2 aromatic heterocycles. The lowest BCUT2D eigenvalue weighted by molar-refractivity contribution is -0.120. The van der Waals surface area contributed by atoms with Crippen molar-refractivity contribution in [2.45, 2.75) is 26.8 Å². The first-order chi connectivity index (χ1) is 14.4. The van der Waals surface area contributed by atoms with Gasteiger partial charge in [0.05, 0.1) is 11.7 Å². The van der Waals surface area contributed by atoms with E-state index in [1.807, 2.05) is 13.8 Å². The number of amides is 3. The van der Waals surface area contributed by atoms with E-state index in [-0.39, 0.29) is 18.5 Å². The average molecular weight is 428 g/mol. The van der Waals surface area contributed by atoms with Crippen LogP contribution in [-0.4, -0.2) is 34.7 Å². The summed E-state index contributed by atoms with van der Waals surface area (Å²) in [6, 6.07) is 4.31. The van der Waals surface area contributed by atoms with Gasteiger partial charge in [0.2, 0.25) is 5.91 Å². The van der Waals surface area contributed by atoms with Crippen molar-refractivity contribution < 1.29 is 19.1 Å². The van der Waals surface area contributed by atoms with Gasteiger partial charge in [-0.1, -0.05) is 0 Å². The van der Waals surface area contributed by atoms with Crippen molar-refractivity contribution in [2.24, 2.45) is 0 Å². The fourth-order valence-electron chi connectivity index (χ4n) is 3.12. The number of fused-ring (bicyclic) bond motifs is 2. The Labute approximate surface area is 175 Å². The highest BCUT2D eigenvalue weighted by atomic mass is 32.1. The molecular weight excluding hydrogens is 408 g/mol. The fraction of sp³-hybridized carbons (Fsp3) is 0.300. The monoisotopic (exact) mass is 428 g/mol. The Balaban J connectivity index is 1.35. The molecule has 1 aromatic carbocycles. The van der Waals surface area contributed by atoms with E-state index in [2.05, 4.69) is 15.6 Å². The van der Waals surface area contributed by atoms with Crippen LogP contribution in [-0.2, 0) is 11.3 Å². The minimum absolute atomic E-state index is 0.0379. The molecular formula is C20H20N4O5S. The number of aromatic nitrogens is 2. The summed E-state index contributed by atoms with van der Waals surface area (Å²) >= 11 is 1.47. The Morgan fingerprint density at radius 1 is 1.20 bits per heavy atom. The van der Waals surface area contributed by atoms with E-state index >= 15 is 0 Å². The molecule has 1 aliphatic rings. The van der Waals surface area contributed by atoms with Gasteiger partial charge in [-0.3, -0.25) is 19.5 Å². The van der Waals surface area contributed by atoms with Crippen LogP contribution < -0.4 is 25.7 Å². The maximum absolute atomic E-state index is 12.7. The number of nitrogens with one attached hydrogen (secondary N) is 2. The molecule has 9 nitrogen and oxygen atoms in total. The number of ether oxygens (including phenoxy) is 2. The second-order valence-electron chi connectivity index (χ2n) is 6.82. The van der Waals surface area contributed by atoms with Crippen molar-refractivity contribution in [1.29, 1.82) is 0 Å². The minimum atomic E-state index is -0.665. The number of aryl methyl sites for hydroxylation is 3. The highest BCUT2D eigenvalue weighted by Crippen LogP contribution is 2.32. The maximum Gasteiger partial charge on any atom is 0.325 e. The summed E-state index contributed by atoms with van der Waals surface area (Å²) < 4.78 is 12.3. The van der Waals surface area contributed by atoms with E-state index in [1.165, 1.54) is 22.2 Å². The molecule has 4 rings (SSSR count). The van der Waals surface area contributed by atoms with Crippen LogP contribution in [0.5, 0.6) is 11.5 Å². The molecule has 0 radical (unpaired) electrons. The molecule has 0 aliphatic carbocycles. The summed E-state index contributed by atoms with van der Waals surface area (Å²) in [5, 5.41) is 5.42. The lowest BCUT2D eigenvalue weighted by atomic mass is 10.2. The number of carbonyl (C=O) groups is 2. The summed E-state index contributed by atoms with van der Waals surface area (Å²) in [4.78, 5) is 42.9. The van der Waals surface area contributed by atoms with Crippen molar-refractivity contribution in [3.8, 4) is 11.5 Å². The zero-order chi connectivity index (χ0) is 21.3. The number of carbonyl (C=O) groups excluding carboxylic acids is 2. The Morgan fingerprint density at radius 2 is 1.97 bits per heavy atom. The average Bonchev–Trinajstić information content (AvgIpc) is 3.01. The van der Waals surface area contributed by atoms with Crippen LogP contribution >= 0.6 is 11.3 Å². The Bertz CT molecular complexity index is 1200. The highest BCUT2D eigenvalue weighted by Gasteiger charge is 2.15. The first-order valence-electron chi connectivity index (χ1n) is 9.38. The second kappa shape index (κ2) is 8.15. The van der Waals surface area contributed by atoms with Crippen LogP contribution in [0.3, 0.4) is 0 Å². The van der Waals surface area contributed by atoms with E-state index in [0.717, 1.165) is 10.4 Å². The molecule has 0 unspecified atom stereocenters. The van der Waals surface area contributed by atoms with Crippen molar-refractivity contribution >= 4 is 39.2 Å². The van der Waals surface area contributed by atoms with Crippen molar-refractivity contribution in [2.75, 3.05) is 18.5 Å². The van der Waals surface area contributed by atoms with Gasteiger partial charge in [-0.25, -0.2) is 9.78 Å². The van der Waals surface area contributed by atoms with E-state index in [1.54, 1.807) is 18.2 Å². The van der Waals surface area contributed by atoms with E-state index in [4.69, 9.17) is 9.47 Å². The summed E-state index contributed by atoms with van der Waals surface area (Å²) in [6.07, 6.45) is 1.40. The SMILES string of the molecule is Cc1sc2ncn(CCC(=O)NC(=O)Nc3ccc4c(c3)OCCO4)c(=O)c2c1C. The summed E-state index contributed by atoms with van der Waals surface area (Å²) in [6.45, 7) is 4.87. The third-order valence-corrected chi connectivity index (χ3v) is 5.90. The van der Waals surface area contributed by atoms with Gasteiger partial charge in [-0.05, 0) is 31.5 Å². The molecule has 0 saturated heterocycles. The van der Waals surface area contributed by atoms with E-state index in [9.17, 15) is 14.4 Å². The molecule has 0 fully saturated rings. The minimum Gasteiger partial charge on any atom is -0.486 e. The van der Waals surface area contributed by atoms with Crippen molar-refractivity contribution in [1.82, 2.24) is 14.9 Å². The molecule has 156 valence electrons. The molecule has 10 heteroatoms. The number of anilines is 1. The van der Waals surface area contributed by atoms with Crippen LogP contribution in [0.2, 0.25) is 0 Å². The molecule has 3 aromatic rings. The van der Waals surface area contributed by atoms with Gasteiger partial charge in [0.25, 0.3) is 5.56 Å². The largest absolute Gasteiger partial charge is 0.486 e. The molecule has 0 bridgehead atoms. The lowest BCUT2D eigenvalue weighted by Crippen LogP contribution is -2.35. The number of rotatable bonds is 4. The van der Waals surface area contributed by atoms with Crippen LogP contribution in [0.4, 0.5) is 10.5 Å². The molecule has 3 heterocycles. The fourth-order valence-corrected chi connectivity index (χ4v) is 4.11. The van der Waals surface area contributed by atoms with Gasteiger partial charge in [0, 0.05) is 29.6 Å². The molecule has 0 atom stereocenters. The zero-order valence-electron chi connectivity index (χ0n) is 16.5. The third kappa shape index (κ3) is 3.99. The number of hydrogen-bond acceptors (Lipinski definition) is 7. The zero-order valence-corrected chi connectivity index (χ0v) is 17.3. The number of nitrogens with zero attached hydrogens (tertiary/aromatic N) is 2. The summed E-state index contributed by atoms with van der Waals surface area (Å²) in [7, 11) is 0. The lowest BCUT2D eigenvalue weighted by Gasteiger charge is -2.19. The van der Waals surface area contributed by atoms with Crippen LogP contribution in [0.25, 0.3) is 10.2 Å². The molecule has 30 heavy (non-hydrogen) atoms. The number of urea groups is 1. The number of hydrogen-bond donors (Lipinski definition) is 2. The predicted molar refractivity (Wildman–Crippen MR) is 113 cm³/mol. The molecule has 1 aliphatic heterocycles. The summed E-state index contributed by atoms with van der Waals surface area (Å²) in [5.74, 6) is 0.636. The molecule has 2 N–H and O–H groups in total. The van der Waals surface area contributed by atoms with Gasteiger partial charge in [-0.2, -0.15) is 0 Å². The third-order valence-electron chi connectivity index (χ3n) is 4.79. The van der Waals surface area contributed by atoms with Gasteiger partial charge in [0.1, 0.15) is 18.0 Å². The number of thiophene rings is 1. The maximum atomic E-state index is 12.7. The van der Waals surface area contributed by atoms with E-state index < -0.39 is 11.9 Å². The van der Waals surface area contributed by atoms with Crippen molar-refractivity contribution in [3.63, 3.8) is 0 Å². The van der Waals surface area contributed by atoms with Crippen LogP contribution in [0.1, 0.15) is 16.9 Å². The smallest absolute Gasteiger partial charge is 0.325 e. The summed E-state index contributed by atoms with van der Waals surface area (Å²) in [5.41, 5.74) is 1.19. The highest BCUT2D eigenvalue weighted by molar-refractivity contribution is 7.18. The molecule has 0 saturated carbocycles. The second-order valence-corrected chi connectivity index (χ2v) is 8.02. The van der Waals surface area contributed by atoms with Crippen molar-refractivity contribution in [3.05, 3.63) is 45.3 Å². The standard InChI is InChI=1S/C20H20N4O5S/c1-11-12(2)30-18-17(11)19(26)24(10-21-18)6-5-16(25)23-20(27)22-13-3-4-14-15(9-13)29-8-7-28-14/h3-4,9-10H,5-8H2,1-2H3,(H2,22,23,25,27). The van der Waals surface area contributed by atoms with Crippen LogP contribution in [0, 0.1) is 13.8 Å². The topological polar surface area (TPSA) is 112 Å². The van der Waals surface area contributed by atoms with Gasteiger partial charge in [0.15, 0.2) is 11.5 Å². The number of benzene rings is 1. The van der Waals surface area contributed by atoms with Gasteiger partial charge in [-0.15, -0.1) is 11.3 Å². The molecule has 0 spiro atoms. The normalized spacial score (nSPS) is 12.6. The quantitative estimate of drug-likeness (QED) is 0.661. The Hall–Kier alpha value is -3.40. The number of imide groups is 1. The Kier molecular flexibility index (Phi) is 5.40. The van der Waals surface area contributed by atoms with Gasteiger partial charge >= 0.3 is 6.03 Å². The Morgan fingerprint density at radius 3 is 2.77 bits per heavy atom. The first kappa shape index (κ1) is 19.9. The molecule has 3 amide bonds. The predicted octanol–water partition coefficient (Wildman–Crippen LogP) is 2.58. The van der Waals surface area contributed by atoms with E-state index in [0.29, 0.717) is 40.6 Å². The first-order valence-corrected chi connectivity index (χ1v) is 10.2. The van der Waals surface area contributed by atoms with Gasteiger partial charge < -0.3 is 14.8 Å².